The van der Waals surface area contributed by atoms with E-state index in [0.717, 1.165) is 27.6 Å². The minimum atomic E-state index is -2.18. The van der Waals surface area contributed by atoms with Crippen molar-refractivity contribution in [2.24, 2.45) is 0 Å². The van der Waals surface area contributed by atoms with E-state index in [2.05, 4.69) is 42.0 Å². The second-order valence-electron chi connectivity index (χ2n) is 10.7. The van der Waals surface area contributed by atoms with Gasteiger partial charge in [0.05, 0.1) is 5.58 Å². The molecular weight excluding hydrogens is 737 g/mol. The van der Waals surface area contributed by atoms with E-state index in [-0.39, 0.29) is 31.2 Å². The summed E-state index contributed by atoms with van der Waals surface area (Å²) >= 11 is 0. The van der Waals surface area contributed by atoms with Crippen LogP contribution in [0.2, 0.25) is 0 Å². The summed E-state index contributed by atoms with van der Waals surface area (Å²) in [6.45, 7) is 0.00601. The molecule has 4 aromatic carbocycles. The van der Waals surface area contributed by atoms with Gasteiger partial charge in [0.1, 0.15) is 0 Å². The Morgan fingerprint density at radius 1 is 0.733 bits per heavy atom. The van der Waals surface area contributed by atoms with Crippen molar-refractivity contribution < 1.29 is 42.2 Å². The number of furan rings is 1. The number of para-hydroxylation sites is 2. The third-order valence-electron chi connectivity index (χ3n) is 7.36. The molecule has 225 valence electrons. The van der Waals surface area contributed by atoms with Gasteiger partial charge < -0.3 is 23.9 Å². The Kier molecular flexibility index (Phi) is 6.65. The second kappa shape index (κ2) is 12.7. The molecule has 7 aromatic rings. The van der Waals surface area contributed by atoms with Crippen LogP contribution in [0.3, 0.4) is 0 Å². The zero-order valence-corrected chi connectivity index (χ0v) is 26.7. The Morgan fingerprint density at radius 2 is 1.53 bits per heavy atom. The fourth-order valence-electron chi connectivity index (χ4n) is 5.06. The first-order valence-corrected chi connectivity index (χ1v) is 14.2. The number of fused-ring (bicyclic) bond motifs is 6. The van der Waals surface area contributed by atoms with Gasteiger partial charge in [0, 0.05) is 46.1 Å². The average Bonchev–Trinajstić information content (AvgIpc) is 3.50. The van der Waals surface area contributed by atoms with Crippen LogP contribution in [0.15, 0.2) is 108 Å². The summed E-state index contributed by atoms with van der Waals surface area (Å²) < 4.78 is 62.2. The molecule has 0 amide bonds. The van der Waals surface area contributed by atoms with E-state index < -0.39 is 13.7 Å². The van der Waals surface area contributed by atoms with Gasteiger partial charge in [-0.25, -0.2) is 0 Å². The number of nitrogens with zero attached hydrogens (tertiary/aromatic N) is 2. The maximum atomic E-state index is 7.28. The van der Waals surface area contributed by atoms with E-state index >= 15 is 0 Å². The Balaban J connectivity index is 0.000000188. The molecule has 45 heavy (non-hydrogen) atoms. The van der Waals surface area contributed by atoms with Crippen molar-refractivity contribution in [1.82, 2.24) is 9.97 Å². The van der Waals surface area contributed by atoms with Crippen molar-refractivity contribution in [2.75, 3.05) is 0 Å². The molecule has 1 aliphatic rings. The average molecular weight is 773 g/mol. The van der Waals surface area contributed by atoms with E-state index in [1.54, 1.807) is 12.1 Å². The second-order valence-corrected chi connectivity index (χ2v) is 10.7. The molecule has 8 rings (SSSR count). The number of aromatic nitrogens is 2. The van der Waals surface area contributed by atoms with Crippen molar-refractivity contribution in [2.45, 2.75) is 33.5 Å². The Morgan fingerprint density at radius 3 is 2.27 bits per heavy atom. The third kappa shape index (κ3) is 6.00. The van der Waals surface area contributed by atoms with Crippen molar-refractivity contribution >= 4 is 21.9 Å². The molecule has 6 heteroatoms. The first kappa shape index (κ1) is 23.6. The summed E-state index contributed by atoms with van der Waals surface area (Å²) in [5.74, 6) is 3.03. The summed E-state index contributed by atoms with van der Waals surface area (Å²) in [5, 5.41) is 1.97. The molecule has 1 radical (unpaired) electrons. The molecule has 4 heterocycles. The molecule has 0 atom stereocenters. The van der Waals surface area contributed by atoms with Crippen molar-refractivity contribution in [3.63, 3.8) is 0 Å². The van der Waals surface area contributed by atoms with Crippen LogP contribution in [0.25, 0.3) is 44.5 Å². The zero-order chi connectivity index (χ0) is 35.2. The summed E-state index contributed by atoms with van der Waals surface area (Å²) in [7, 11) is 0. The maximum absolute atomic E-state index is 7.28. The Bertz CT molecular complexity index is 2280. The van der Waals surface area contributed by atoms with Crippen LogP contribution >= 0.6 is 0 Å². The summed E-state index contributed by atoms with van der Waals surface area (Å²) in [6, 6.07) is 33.4. The first-order valence-electron chi connectivity index (χ1n) is 17.2. The number of pyridine rings is 2. The normalized spacial score (nSPS) is 14.0. The molecule has 0 saturated carbocycles. The van der Waals surface area contributed by atoms with Crippen molar-refractivity contribution in [1.29, 1.82) is 0 Å². The summed E-state index contributed by atoms with van der Waals surface area (Å²) in [6.07, 6.45) is 3.14. The van der Waals surface area contributed by atoms with E-state index in [1.807, 2.05) is 60.8 Å². The van der Waals surface area contributed by atoms with Crippen molar-refractivity contribution in [3.05, 3.63) is 132 Å². The molecule has 0 aliphatic carbocycles. The Labute approximate surface area is 284 Å². The quantitative estimate of drug-likeness (QED) is 0.167. The summed E-state index contributed by atoms with van der Waals surface area (Å²) in [5.41, 5.74) is 5.88. The molecule has 0 fully saturated rings. The number of aryl methyl sites for hydroxylation is 2. The van der Waals surface area contributed by atoms with Crippen LogP contribution in [0.1, 0.15) is 44.7 Å². The number of hydrogen-bond donors (Lipinski definition) is 0. The van der Waals surface area contributed by atoms with Crippen molar-refractivity contribution in [3.8, 4) is 45.5 Å². The van der Waals surface area contributed by atoms with Crippen LogP contribution in [-0.2, 0) is 20.1 Å². The molecule has 0 bridgehead atoms. The van der Waals surface area contributed by atoms with Crippen LogP contribution in [-0.4, -0.2) is 9.97 Å². The number of benzene rings is 4. The van der Waals surface area contributed by atoms with E-state index in [4.69, 9.17) is 22.1 Å². The molecule has 0 unspecified atom stereocenters. The van der Waals surface area contributed by atoms with Gasteiger partial charge >= 0.3 is 0 Å². The van der Waals surface area contributed by atoms with Gasteiger partial charge in [0.2, 0.25) is 5.75 Å². The molecule has 3 aromatic heterocycles. The molecule has 0 spiro atoms. The smallest absolute Gasteiger partial charge is 0.212 e. The van der Waals surface area contributed by atoms with Crippen LogP contribution in [0.4, 0.5) is 0 Å². The monoisotopic (exact) mass is 773 g/mol. The van der Waals surface area contributed by atoms with Gasteiger partial charge in [0.15, 0.2) is 22.8 Å². The van der Waals surface area contributed by atoms with Crippen LogP contribution in [0.5, 0.6) is 23.0 Å². The predicted molar refractivity (Wildman–Crippen MR) is 174 cm³/mol. The van der Waals surface area contributed by atoms with Gasteiger partial charge in [-0.15, -0.1) is 53.6 Å². The standard InChI is InChI=1S/C26H18NO3.C13H12N.Ir/c1-15(2)16-12-13-27-20(14-16)19-7-5-6-17-18-10-11-23-26(25(18)30-24(17)19)29-22-9-4-3-8-21(22)28-23;1-10-3-6-12(7-4-10)13-8-5-11(2)9-14-13;/h3-6,8-15H,1-2H3;3-6,8-9H,1-2H3;/q2*-1;/i;1D3,2D3;. The minimum absolute atomic E-state index is 0. The predicted octanol–water partition coefficient (Wildman–Crippen LogP) is 10.6. The fraction of sp³-hybridized carbons (Fsp3) is 0.128. The van der Waals surface area contributed by atoms with Gasteiger partial charge in [-0.1, -0.05) is 67.5 Å². The number of hydrogen-bond acceptors (Lipinski definition) is 5. The minimum Gasteiger partial charge on any atom is -0.497 e. The largest absolute Gasteiger partial charge is 0.497 e. The molecule has 5 nitrogen and oxygen atoms in total. The first-order chi connectivity index (χ1) is 23.9. The van der Waals surface area contributed by atoms with Gasteiger partial charge in [-0.05, 0) is 60.1 Å². The zero-order valence-electron chi connectivity index (χ0n) is 30.3. The topological polar surface area (TPSA) is 57.4 Å². The van der Waals surface area contributed by atoms with Gasteiger partial charge in [0.25, 0.3) is 0 Å². The number of ether oxygens (including phenoxy) is 2. The van der Waals surface area contributed by atoms with Gasteiger partial charge in [-0.3, -0.25) is 0 Å². The summed E-state index contributed by atoms with van der Waals surface area (Å²) in [4.78, 5) is 8.66. The number of rotatable bonds is 3. The molecule has 0 saturated heterocycles. The fourth-order valence-corrected chi connectivity index (χ4v) is 5.06. The molecular formula is C39H30IrN2O3-2. The van der Waals surface area contributed by atoms with Crippen LogP contribution in [0, 0.1) is 25.8 Å². The van der Waals surface area contributed by atoms with Crippen LogP contribution < -0.4 is 9.47 Å². The van der Waals surface area contributed by atoms with E-state index in [1.165, 1.54) is 30.0 Å². The molecule has 0 N–H and O–H groups in total. The maximum Gasteiger partial charge on any atom is 0.212 e. The van der Waals surface area contributed by atoms with E-state index in [0.29, 0.717) is 45.8 Å². The SMILES string of the molecule is CC(C)c1ccnc(-c2[c-]ccc3c2oc2c4c(ccc23)Oc2ccccc2O4)c1.[2H]C([2H])([2H])c1c[c-]c(-c2ccc(C([2H])([2H])[2H])cn2)cc1.[Ir]. The van der Waals surface area contributed by atoms with E-state index in [9.17, 15) is 0 Å². The molecule has 1 aliphatic heterocycles. The third-order valence-corrected chi connectivity index (χ3v) is 7.36. The Hall–Kier alpha value is -4.77. The van der Waals surface area contributed by atoms with Gasteiger partial charge in [-0.2, -0.15) is 0 Å².